The third-order valence-corrected chi connectivity index (χ3v) is 6.45. The first-order valence-electron chi connectivity index (χ1n) is 11.7. The van der Waals surface area contributed by atoms with Gasteiger partial charge in [-0.2, -0.15) is 0 Å². The maximum Gasteiger partial charge on any atom is 0.284 e. The maximum atomic E-state index is 12.9. The Hall–Kier alpha value is -3.68. The number of furan rings is 1. The summed E-state index contributed by atoms with van der Waals surface area (Å²) in [5.74, 6) is -0.185. The molecule has 3 heterocycles. The van der Waals surface area contributed by atoms with E-state index in [-0.39, 0.29) is 23.7 Å². The molecule has 1 aliphatic carbocycles. The molecule has 3 aromatic rings. The van der Waals surface area contributed by atoms with Crippen LogP contribution in [0.1, 0.15) is 72.7 Å². The predicted molar refractivity (Wildman–Crippen MR) is 127 cm³/mol. The van der Waals surface area contributed by atoms with Gasteiger partial charge in [-0.05, 0) is 61.6 Å². The van der Waals surface area contributed by atoms with Crippen molar-refractivity contribution in [2.45, 2.75) is 51.0 Å². The molecule has 3 aromatic heterocycles. The molecule has 1 saturated carbocycles. The Kier molecular flexibility index (Phi) is 7.25. The van der Waals surface area contributed by atoms with Crippen molar-refractivity contribution in [3.63, 3.8) is 0 Å². The van der Waals surface area contributed by atoms with Gasteiger partial charge in [0.05, 0.1) is 12.1 Å². The monoisotopic (exact) mass is 462 g/mol. The van der Waals surface area contributed by atoms with Crippen LogP contribution in [0.2, 0.25) is 0 Å². The molecule has 0 aliphatic heterocycles. The second-order valence-corrected chi connectivity index (χ2v) is 8.67. The van der Waals surface area contributed by atoms with Crippen molar-refractivity contribution >= 4 is 11.8 Å². The molecule has 0 radical (unpaired) electrons. The number of ether oxygens (including phenoxy) is 1. The first-order valence-corrected chi connectivity index (χ1v) is 11.7. The van der Waals surface area contributed by atoms with Gasteiger partial charge in [0.25, 0.3) is 5.91 Å². The number of likely N-dealkylation sites (N-methyl/N-ethyl adjacent to an activating group) is 1. The van der Waals surface area contributed by atoms with Gasteiger partial charge in [-0.15, -0.1) is 0 Å². The molecular formula is C26H30N4O4. The SMILES string of the molecule is CNC(=O)[C@H](c1cc(-c2ccc(O[C@@H](C)c3ccncc3)cn2)oc1C(N)=O)C1CCCCC1. The topological polar surface area (TPSA) is 120 Å². The lowest BCUT2D eigenvalue weighted by molar-refractivity contribution is -0.123. The summed E-state index contributed by atoms with van der Waals surface area (Å²) in [4.78, 5) is 33.6. The molecular weight excluding hydrogens is 432 g/mol. The van der Waals surface area contributed by atoms with E-state index in [2.05, 4.69) is 15.3 Å². The Labute approximate surface area is 198 Å². The van der Waals surface area contributed by atoms with E-state index in [1.54, 1.807) is 43.8 Å². The summed E-state index contributed by atoms with van der Waals surface area (Å²) in [5.41, 5.74) is 7.70. The van der Waals surface area contributed by atoms with Crippen LogP contribution in [0.25, 0.3) is 11.5 Å². The van der Waals surface area contributed by atoms with Crippen LogP contribution in [0.5, 0.6) is 5.75 Å². The zero-order chi connectivity index (χ0) is 24.1. The first kappa shape index (κ1) is 23.5. The number of nitrogens with two attached hydrogens (primary N) is 1. The number of primary amides is 1. The smallest absolute Gasteiger partial charge is 0.284 e. The highest BCUT2D eigenvalue weighted by molar-refractivity contribution is 5.95. The number of hydrogen-bond acceptors (Lipinski definition) is 6. The van der Waals surface area contributed by atoms with Crippen molar-refractivity contribution < 1.29 is 18.7 Å². The molecule has 0 saturated heterocycles. The summed E-state index contributed by atoms with van der Waals surface area (Å²) in [6, 6.07) is 9.09. The van der Waals surface area contributed by atoms with Gasteiger partial charge in [0.2, 0.25) is 5.91 Å². The average molecular weight is 463 g/mol. The van der Waals surface area contributed by atoms with Gasteiger partial charge in [-0.3, -0.25) is 14.6 Å². The van der Waals surface area contributed by atoms with Gasteiger partial charge in [-0.1, -0.05) is 19.3 Å². The van der Waals surface area contributed by atoms with Crippen molar-refractivity contribution in [1.29, 1.82) is 0 Å². The molecule has 1 fully saturated rings. The number of nitrogens with zero attached hydrogens (tertiary/aromatic N) is 2. The van der Waals surface area contributed by atoms with Crippen LogP contribution in [0.15, 0.2) is 53.3 Å². The zero-order valence-electron chi connectivity index (χ0n) is 19.5. The Balaban J connectivity index is 1.60. The van der Waals surface area contributed by atoms with Crippen molar-refractivity contribution in [2.24, 2.45) is 11.7 Å². The van der Waals surface area contributed by atoms with E-state index in [1.165, 1.54) is 0 Å². The van der Waals surface area contributed by atoms with Gasteiger partial charge in [0, 0.05) is 25.0 Å². The van der Waals surface area contributed by atoms with Gasteiger partial charge < -0.3 is 20.2 Å². The Morgan fingerprint density at radius 1 is 1.15 bits per heavy atom. The minimum atomic E-state index is -0.697. The van der Waals surface area contributed by atoms with Crippen LogP contribution >= 0.6 is 0 Å². The summed E-state index contributed by atoms with van der Waals surface area (Å²) < 4.78 is 11.8. The molecule has 1 aliphatic rings. The lowest BCUT2D eigenvalue weighted by Gasteiger charge is -2.28. The fourth-order valence-corrected chi connectivity index (χ4v) is 4.69. The minimum absolute atomic E-state index is 0.0163. The summed E-state index contributed by atoms with van der Waals surface area (Å²) in [7, 11) is 1.61. The number of pyridine rings is 2. The average Bonchev–Trinajstić information content (AvgIpc) is 3.31. The number of rotatable bonds is 8. The third kappa shape index (κ3) is 5.11. The van der Waals surface area contributed by atoms with Gasteiger partial charge in [0.1, 0.15) is 17.5 Å². The highest BCUT2D eigenvalue weighted by Gasteiger charge is 2.35. The van der Waals surface area contributed by atoms with E-state index in [9.17, 15) is 9.59 Å². The van der Waals surface area contributed by atoms with Crippen molar-refractivity contribution in [3.8, 4) is 17.2 Å². The molecule has 0 unspecified atom stereocenters. The summed E-state index contributed by atoms with van der Waals surface area (Å²) in [6.07, 6.45) is 10.0. The van der Waals surface area contributed by atoms with E-state index >= 15 is 0 Å². The number of carbonyl (C=O) groups excluding carboxylic acids is 2. The third-order valence-electron chi connectivity index (χ3n) is 6.45. The van der Waals surface area contributed by atoms with E-state index in [1.807, 2.05) is 19.1 Å². The van der Waals surface area contributed by atoms with E-state index in [0.717, 1.165) is 37.7 Å². The molecule has 34 heavy (non-hydrogen) atoms. The van der Waals surface area contributed by atoms with Gasteiger partial charge in [-0.25, -0.2) is 4.98 Å². The first-order chi connectivity index (χ1) is 16.5. The largest absolute Gasteiger partial charge is 0.484 e. The van der Waals surface area contributed by atoms with Crippen molar-refractivity contribution in [2.75, 3.05) is 7.05 Å². The van der Waals surface area contributed by atoms with Crippen LogP contribution in [-0.2, 0) is 4.79 Å². The summed E-state index contributed by atoms with van der Waals surface area (Å²) >= 11 is 0. The fourth-order valence-electron chi connectivity index (χ4n) is 4.69. The van der Waals surface area contributed by atoms with E-state index in [0.29, 0.717) is 22.8 Å². The Morgan fingerprint density at radius 2 is 1.88 bits per heavy atom. The molecule has 3 N–H and O–H groups in total. The van der Waals surface area contributed by atoms with Crippen LogP contribution < -0.4 is 15.8 Å². The van der Waals surface area contributed by atoms with Gasteiger partial charge >= 0.3 is 0 Å². The molecule has 0 bridgehead atoms. The highest BCUT2D eigenvalue weighted by Crippen LogP contribution is 2.40. The summed E-state index contributed by atoms with van der Waals surface area (Å²) in [6.45, 7) is 1.95. The van der Waals surface area contributed by atoms with Crippen LogP contribution in [0.3, 0.4) is 0 Å². The van der Waals surface area contributed by atoms with Crippen molar-refractivity contribution in [3.05, 3.63) is 65.8 Å². The second-order valence-electron chi connectivity index (χ2n) is 8.67. The normalized spacial score (nSPS) is 15.9. The second kappa shape index (κ2) is 10.5. The van der Waals surface area contributed by atoms with E-state index < -0.39 is 11.8 Å². The summed E-state index contributed by atoms with van der Waals surface area (Å²) in [5, 5.41) is 2.75. The fraction of sp³-hybridized carbons (Fsp3) is 0.385. The lowest BCUT2D eigenvalue weighted by Crippen LogP contribution is -2.33. The molecule has 2 atom stereocenters. The number of aromatic nitrogens is 2. The van der Waals surface area contributed by atoms with Crippen LogP contribution in [0.4, 0.5) is 0 Å². The number of amides is 2. The van der Waals surface area contributed by atoms with Crippen LogP contribution in [0, 0.1) is 5.92 Å². The molecule has 8 heteroatoms. The maximum absolute atomic E-state index is 12.9. The van der Waals surface area contributed by atoms with Crippen molar-refractivity contribution in [1.82, 2.24) is 15.3 Å². The molecule has 0 aromatic carbocycles. The number of carbonyl (C=O) groups is 2. The molecule has 0 spiro atoms. The van der Waals surface area contributed by atoms with Crippen LogP contribution in [-0.4, -0.2) is 28.8 Å². The van der Waals surface area contributed by atoms with Gasteiger partial charge in [0.15, 0.2) is 11.5 Å². The molecule has 178 valence electrons. The number of nitrogens with one attached hydrogen (secondary N) is 1. The highest BCUT2D eigenvalue weighted by atomic mass is 16.5. The Bertz CT molecular complexity index is 1120. The zero-order valence-corrected chi connectivity index (χ0v) is 19.5. The quantitative estimate of drug-likeness (QED) is 0.512. The molecule has 4 rings (SSSR count). The number of hydrogen-bond donors (Lipinski definition) is 2. The Morgan fingerprint density at radius 3 is 2.50 bits per heavy atom. The molecule has 8 nitrogen and oxygen atoms in total. The minimum Gasteiger partial charge on any atom is -0.484 e. The molecule has 2 amide bonds. The standard InChI is InChI=1S/C26H30N4O4/c1-16(17-10-12-29-13-11-17)33-19-8-9-21(30-15-19)22-14-20(24(34-22)25(27)31)23(26(32)28-2)18-6-4-3-5-7-18/h8-16,18,23H,3-7H2,1-2H3,(H2,27,31)(H,28,32)/t16-,23-/m0/s1. The van der Waals surface area contributed by atoms with E-state index in [4.69, 9.17) is 14.9 Å². The predicted octanol–water partition coefficient (Wildman–Crippen LogP) is 4.39. The lowest BCUT2D eigenvalue weighted by atomic mass is 9.76.